The Hall–Kier alpha value is -10.6. The lowest BCUT2D eigenvalue weighted by Gasteiger charge is -2.28. The molecule has 13 aromatic carbocycles. The zero-order valence-corrected chi connectivity index (χ0v) is 51.2. The minimum Gasteiger partial charge on any atom is -0.310 e. The van der Waals surface area contributed by atoms with Crippen LogP contribution in [0.4, 0.5) is 34.1 Å². The molecule has 0 atom stereocenters. The Balaban J connectivity index is 0.768. The van der Waals surface area contributed by atoms with E-state index in [1.54, 1.807) is 0 Å². The highest BCUT2D eigenvalue weighted by atomic mass is 32.1. The van der Waals surface area contributed by atoms with Gasteiger partial charge in [0.15, 0.2) is 0 Å². The van der Waals surface area contributed by atoms with E-state index in [1.807, 2.05) is 28.7 Å². The Morgan fingerprint density at radius 2 is 0.921 bits per heavy atom. The number of anilines is 6. The molecule has 1 aliphatic rings. The smallest absolute Gasteiger partial charge is 0.0561 e. The minimum absolute atomic E-state index is 0.0832. The number of fused-ring (bicyclic) bond motifs is 13. The van der Waals surface area contributed by atoms with Crippen LogP contribution in [0.1, 0.15) is 31.9 Å². The van der Waals surface area contributed by atoms with Crippen molar-refractivity contribution >= 4 is 146 Å². The Kier molecular flexibility index (Phi) is 12.3. The molecular formula is C84H59N3S2. The molecule has 3 nitrogen and oxygen atoms in total. The average Bonchev–Trinajstić information content (AvgIpc) is 2.04. The molecule has 0 saturated heterocycles. The van der Waals surface area contributed by atoms with E-state index in [9.17, 15) is 0 Å². The second-order valence-corrected chi connectivity index (χ2v) is 26.2. The summed E-state index contributed by atoms with van der Waals surface area (Å²) in [6.45, 7) is 11.0. The highest BCUT2D eigenvalue weighted by molar-refractivity contribution is 7.26. The predicted octanol–water partition coefficient (Wildman–Crippen LogP) is 24.9. The maximum atomic E-state index is 4.25. The van der Waals surface area contributed by atoms with Crippen molar-refractivity contribution in [2.75, 3.05) is 9.80 Å². The summed E-state index contributed by atoms with van der Waals surface area (Å²) in [6, 6.07) is 102. The first kappa shape index (κ1) is 52.7. The van der Waals surface area contributed by atoms with Gasteiger partial charge in [-0.25, -0.2) is 0 Å². The lowest BCUT2D eigenvalue weighted by atomic mass is 9.80. The molecule has 0 N–H and O–H groups in total. The van der Waals surface area contributed by atoms with Crippen LogP contribution in [-0.2, 0) is 5.41 Å². The van der Waals surface area contributed by atoms with Gasteiger partial charge in [0, 0.05) is 96.3 Å². The van der Waals surface area contributed by atoms with Gasteiger partial charge in [-0.15, -0.1) is 22.7 Å². The van der Waals surface area contributed by atoms with Gasteiger partial charge in [-0.3, -0.25) is 0 Å². The second kappa shape index (κ2) is 20.8. The SMILES string of the molecule is C=CC1=C(/C=C\C)C(C)(C)c2ccc(-c3ccc4sc5cc(-c6ccc(N(c7ccc(N(c8ccccc8)c8ccc9sc%10c%11ccccc%11ccc%10c9c8)cc7)c7ccc8c9cc%10ccccc%10cc9n(-c9ccccc9)c8c7)cc6)ccc5c4c3)cc21. The van der Waals surface area contributed by atoms with Crippen molar-refractivity contribution in [3.05, 3.63) is 314 Å². The lowest BCUT2D eigenvalue weighted by Crippen LogP contribution is -2.16. The normalized spacial score (nSPS) is 13.2. The summed E-state index contributed by atoms with van der Waals surface area (Å²) in [4.78, 5) is 4.81. The number of para-hydroxylation sites is 2. The van der Waals surface area contributed by atoms with Crippen LogP contribution in [0.15, 0.2) is 303 Å². The molecule has 0 bridgehead atoms. The van der Waals surface area contributed by atoms with Crippen molar-refractivity contribution in [1.29, 1.82) is 0 Å². The molecule has 0 saturated carbocycles. The van der Waals surface area contributed by atoms with Gasteiger partial charge >= 0.3 is 0 Å². The van der Waals surface area contributed by atoms with E-state index >= 15 is 0 Å². The summed E-state index contributed by atoms with van der Waals surface area (Å²) >= 11 is 3.75. The minimum atomic E-state index is -0.0832. The van der Waals surface area contributed by atoms with Crippen molar-refractivity contribution in [3.8, 4) is 27.9 Å². The van der Waals surface area contributed by atoms with E-state index in [0.29, 0.717) is 0 Å². The maximum Gasteiger partial charge on any atom is 0.0561 e. The fraction of sp³-hybridized carbons (Fsp3) is 0.0476. The summed E-state index contributed by atoms with van der Waals surface area (Å²) in [5.74, 6) is 0. The van der Waals surface area contributed by atoms with E-state index in [-0.39, 0.29) is 5.41 Å². The van der Waals surface area contributed by atoms with Gasteiger partial charge in [0.1, 0.15) is 0 Å². The van der Waals surface area contributed by atoms with Crippen LogP contribution >= 0.6 is 22.7 Å². The summed E-state index contributed by atoms with van der Waals surface area (Å²) < 4.78 is 7.62. The highest BCUT2D eigenvalue weighted by Crippen LogP contribution is 2.50. The molecule has 3 aromatic heterocycles. The number of allylic oxidation sites excluding steroid dienone is 5. The number of thiophene rings is 2. The van der Waals surface area contributed by atoms with E-state index < -0.39 is 0 Å². The molecule has 0 spiro atoms. The van der Waals surface area contributed by atoms with Crippen molar-refractivity contribution in [2.24, 2.45) is 0 Å². The van der Waals surface area contributed by atoms with Crippen LogP contribution in [-0.4, -0.2) is 4.57 Å². The molecule has 0 aliphatic heterocycles. The number of hydrogen-bond donors (Lipinski definition) is 0. The molecule has 5 heteroatoms. The summed E-state index contributed by atoms with van der Waals surface area (Å²) in [5.41, 5.74) is 19.8. The number of nitrogens with zero attached hydrogens (tertiary/aromatic N) is 3. The standard InChI is InChI=1S/C84H59N3S2/c1-5-17-76-67(6-2)72-46-57(30-43-77(72)84(76,3)4)58-31-44-80-74(48-58)70-40-29-59(50-82(70)88-80)53-26-32-62(33-27-53)86(66-38-42-69-73-47-55-19-13-14-20-56(55)49-78(73)87(79(69)52-66)61-23-11-8-12-24-61)64-36-34-63(35-37-64)85(60-21-9-7-10-22-60)65-39-45-81-75(51-65)71-41-28-54-18-15-16-25-68(54)83(71)89-81/h5-52H,2H2,1,3-4H3/b17-5-. The number of benzene rings is 13. The molecule has 0 amide bonds. The summed E-state index contributed by atoms with van der Waals surface area (Å²) in [6.07, 6.45) is 6.43. The van der Waals surface area contributed by atoms with Crippen LogP contribution < -0.4 is 9.80 Å². The molecule has 1 aliphatic carbocycles. The summed E-state index contributed by atoms with van der Waals surface area (Å²) in [5, 5.41) is 12.6. The van der Waals surface area contributed by atoms with Crippen LogP contribution in [0.25, 0.3) is 117 Å². The Bertz CT molecular complexity index is 5600. The van der Waals surface area contributed by atoms with E-state index in [2.05, 4.69) is 327 Å². The first-order valence-corrected chi connectivity index (χ1v) is 32.2. The highest BCUT2D eigenvalue weighted by Gasteiger charge is 2.35. The van der Waals surface area contributed by atoms with Gasteiger partial charge in [0.25, 0.3) is 0 Å². The molecule has 0 fully saturated rings. The van der Waals surface area contributed by atoms with Crippen molar-refractivity contribution in [2.45, 2.75) is 26.2 Å². The number of aromatic nitrogens is 1. The molecule has 0 radical (unpaired) electrons. The quantitative estimate of drug-likeness (QED) is 0.128. The first-order valence-electron chi connectivity index (χ1n) is 30.6. The molecular weight excluding hydrogens is 1120 g/mol. The van der Waals surface area contributed by atoms with Crippen LogP contribution in [0.5, 0.6) is 0 Å². The number of rotatable bonds is 11. The third kappa shape index (κ3) is 8.60. The zero-order valence-electron chi connectivity index (χ0n) is 49.6. The van der Waals surface area contributed by atoms with Crippen molar-refractivity contribution < 1.29 is 0 Å². The van der Waals surface area contributed by atoms with Gasteiger partial charge in [-0.2, -0.15) is 0 Å². The fourth-order valence-corrected chi connectivity index (χ4v) is 16.6. The van der Waals surface area contributed by atoms with Gasteiger partial charge in [-0.1, -0.05) is 184 Å². The predicted molar refractivity (Wildman–Crippen MR) is 387 cm³/mol. The Labute approximate surface area is 525 Å². The third-order valence-corrected chi connectivity index (χ3v) is 21.0. The molecule has 422 valence electrons. The molecule has 0 unspecified atom stereocenters. The van der Waals surface area contributed by atoms with Crippen molar-refractivity contribution in [3.63, 3.8) is 0 Å². The van der Waals surface area contributed by atoms with E-state index in [1.165, 1.54) is 123 Å². The molecule has 17 rings (SSSR count). The van der Waals surface area contributed by atoms with Gasteiger partial charge < -0.3 is 14.4 Å². The van der Waals surface area contributed by atoms with Crippen LogP contribution in [0.3, 0.4) is 0 Å². The van der Waals surface area contributed by atoms with Crippen LogP contribution in [0.2, 0.25) is 0 Å². The van der Waals surface area contributed by atoms with Gasteiger partial charge in [0.05, 0.1) is 11.0 Å². The molecule has 89 heavy (non-hydrogen) atoms. The summed E-state index contributed by atoms with van der Waals surface area (Å²) in [7, 11) is 0. The monoisotopic (exact) mass is 1170 g/mol. The maximum absolute atomic E-state index is 4.25. The van der Waals surface area contributed by atoms with E-state index in [4.69, 9.17) is 0 Å². The zero-order chi connectivity index (χ0) is 59.5. The fourth-order valence-electron chi connectivity index (χ4n) is 14.3. The molecule has 3 heterocycles. The Morgan fingerprint density at radius 1 is 0.382 bits per heavy atom. The van der Waals surface area contributed by atoms with Gasteiger partial charge in [0.2, 0.25) is 0 Å². The van der Waals surface area contributed by atoms with E-state index in [0.717, 1.165) is 45.3 Å². The largest absolute Gasteiger partial charge is 0.310 e. The number of hydrogen-bond acceptors (Lipinski definition) is 4. The third-order valence-electron chi connectivity index (χ3n) is 18.6. The van der Waals surface area contributed by atoms with Gasteiger partial charge in [-0.05, 0) is 200 Å². The van der Waals surface area contributed by atoms with Crippen molar-refractivity contribution in [1.82, 2.24) is 4.57 Å². The second-order valence-electron chi connectivity index (χ2n) is 24.0. The topological polar surface area (TPSA) is 11.4 Å². The molecule has 16 aromatic rings. The Morgan fingerprint density at radius 3 is 1.67 bits per heavy atom. The average molecular weight is 1170 g/mol. The first-order chi connectivity index (χ1) is 43.8. The lowest BCUT2D eigenvalue weighted by molar-refractivity contribution is 0.654. The van der Waals surface area contributed by atoms with Crippen LogP contribution in [0, 0.1) is 0 Å².